The van der Waals surface area contributed by atoms with Crippen molar-refractivity contribution >= 4 is 21.5 Å². The number of aliphatic hydroxyl groups excluding tert-OH is 2. The molecule has 5 rings (SSSR count). The van der Waals surface area contributed by atoms with Gasteiger partial charge >= 0.3 is 0 Å². The summed E-state index contributed by atoms with van der Waals surface area (Å²) in [5.41, 5.74) is 3.59. The molecule has 4 aromatic carbocycles. The van der Waals surface area contributed by atoms with Crippen molar-refractivity contribution in [3.8, 4) is 11.1 Å². The zero-order valence-electron chi connectivity index (χ0n) is 13.0. The fourth-order valence-corrected chi connectivity index (χ4v) is 3.89. The molecule has 0 spiro atoms. The number of rotatable bonds is 0. The summed E-state index contributed by atoms with van der Waals surface area (Å²) in [5, 5.41) is 25.8. The fraction of sp³-hybridized carbons (Fsp3) is 0.0909. The van der Waals surface area contributed by atoms with Crippen LogP contribution >= 0.6 is 0 Å². The third kappa shape index (κ3) is 1.78. The minimum atomic E-state index is -0.904. The number of hydrogen-bond donors (Lipinski definition) is 2. The van der Waals surface area contributed by atoms with E-state index in [0.717, 1.165) is 33.0 Å². The maximum atomic E-state index is 10.7. The van der Waals surface area contributed by atoms with Crippen LogP contribution in [0.3, 0.4) is 0 Å². The van der Waals surface area contributed by atoms with Crippen LogP contribution in [0.5, 0.6) is 0 Å². The third-order valence-electron chi connectivity index (χ3n) is 5.10. The lowest BCUT2D eigenvalue weighted by atomic mass is 9.80. The molecule has 2 nitrogen and oxygen atoms in total. The zero-order chi connectivity index (χ0) is 16.3. The molecule has 2 atom stereocenters. The van der Waals surface area contributed by atoms with Crippen molar-refractivity contribution in [1.29, 1.82) is 0 Å². The van der Waals surface area contributed by atoms with E-state index in [2.05, 4.69) is 30.3 Å². The molecule has 116 valence electrons. The molecule has 0 heterocycles. The van der Waals surface area contributed by atoms with Crippen LogP contribution in [-0.4, -0.2) is 10.2 Å². The average Bonchev–Trinajstić information content (AvgIpc) is 2.65. The number of aliphatic hydroxyl groups is 2. The van der Waals surface area contributed by atoms with Crippen LogP contribution < -0.4 is 0 Å². The molecule has 2 heteroatoms. The van der Waals surface area contributed by atoms with Crippen molar-refractivity contribution in [3.63, 3.8) is 0 Å². The number of fused-ring (bicyclic) bond motifs is 6. The van der Waals surface area contributed by atoms with Gasteiger partial charge in [-0.25, -0.2) is 0 Å². The molecule has 24 heavy (non-hydrogen) atoms. The molecule has 0 bridgehead atoms. The highest BCUT2D eigenvalue weighted by Gasteiger charge is 2.31. The molecule has 0 aromatic heterocycles. The summed E-state index contributed by atoms with van der Waals surface area (Å²) in [6.07, 6.45) is -1.79. The van der Waals surface area contributed by atoms with Gasteiger partial charge in [-0.05, 0) is 55.9 Å². The minimum Gasteiger partial charge on any atom is -0.385 e. The molecule has 2 N–H and O–H groups in total. The summed E-state index contributed by atoms with van der Waals surface area (Å²) in [6.45, 7) is 0. The van der Waals surface area contributed by atoms with Gasteiger partial charge < -0.3 is 10.2 Å². The van der Waals surface area contributed by atoms with Crippen LogP contribution in [0.15, 0.2) is 72.8 Å². The smallest absolute Gasteiger partial charge is 0.110 e. The normalized spacial score (nSPS) is 19.2. The number of hydrogen-bond acceptors (Lipinski definition) is 2. The van der Waals surface area contributed by atoms with Gasteiger partial charge in [-0.3, -0.25) is 0 Å². The zero-order valence-corrected chi connectivity index (χ0v) is 13.0. The molecule has 0 aliphatic heterocycles. The maximum Gasteiger partial charge on any atom is 0.110 e. The second-order valence-electron chi connectivity index (χ2n) is 6.42. The van der Waals surface area contributed by atoms with E-state index in [1.165, 1.54) is 10.8 Å². The van der Waals surface area contributed by atoms with Crippen LogP contribution in [0.1, 0.15) is 23.3 Å². The first kappa shape index (κ1) is 13.7. The lowest BCUT2D eigenvalue weighted by Crippen LogP contribution is -2.17. The highest BCUT2D eigenvalue weighted by atomic mass is 16.3. The summed E-state index contributed by atoms with van der Waals surface area (Å²) in [7, 11) is 0. The monoisotopic (exact) mass is 312 g/mol. The van der Waals surface area contributed by atoms with E-state index in [-0.39, 0.29) is 0 Å². The quantitative estimate of drug-likeness (QED) is 0.460. The van der Waals surface area contributed by atoms with Crippen molar-refractivity contribution in [2.24, 2.45) is 0 Å². The predicted octanol–water partition coefficient (Wildman–Crippen LogP) is 4.74. The van der Waals surface area contributed by atoms with Crippen molar-refractivity contribution in [2.45, 2.75) is 12.2 Å². The summed E-state index contributed by atoms with van der Waals surface area (Å²) >= 11 is 0. The lowest BCUT2D eigenvalue weighted by Gasteiger charge is -2.29. The summed E-state index contributed by atoms with van der Waals surface area (Å²) < 4.78 is 0. The van der Waals surface area contributed by atoms with Gasteiger partial charge in [-0.15, -0.1) is 0 Å². The van der Waals surface area contributed by atoms with E-state index in [1.54, 1.807) is 0 Å². The van der Waals surface area contributed by atoms with E-state index >= 15 is 0 Å². The van der Waals surface area contributed by atoms with Gasteiger partial charge in [0.25, 0.3) is 0 Å². The predicted molar refractivity (Wildman–Crippen MR) is 96.8 cm³/mol. The Morgan fingerprint density at radius 1 is 0.542 bits per heavy atom. The Kier molecular flexibility index (Phi) is 2.81. The molecule has 0 radical (unpaired) electrons. The van der Waals surface area contributed by atoms with E-state index < -0.39 is 12.2 Å². The first-order valence-corrected chi connectivity index (χ1v) is 8.15. The van der Waals surface area contributed by atoms with E-state index in [4.69, 9.17) is 0 Å². The second-order valence-corrected chi connectivity index (χ2v) is 6.42. The summed E-state index contributed by atoms with van der Waals surface area (Å²) in [5.74, 6) is 0. The molecule has 1 aliphatic carbocycles. The van der Waals surface area contributed by atoms with E-state index in [0.29, 0.717) is 0 Å². The van der Waals surface area contributed by atoms with Gasteiger partial charge in [0.2, 0.25) is 0 Å². The third-order valence-corrected chi connectivity index (χ3v) is 5.10. The van der Waals surface area contributed by atoms with Crippen LogP contribution in [-0.2, 0) is 0 Å². The first-order valence-electron chi connectivity index (χ1n) is 8.15. The Morgan fingerprint density at radius 3 is 2.17 bits per heavy atom. The van der Waals surface area contributed by atoms with Gasteiger partial charge in [0.05, 0.1) is 0 Å². The highest BCUT2D eigenvalue weighted by molar-refractivity contribution is 6.09. The minimum absolute atomic E-state index is 0.789. The van der Waals surface area contributed by atoms with Gasteiger partial charge in [0, 0.05) is 0 Å². The second kappa shape index (κ2) is 4.91. The SMILES string of the molecule is O[C@@H]1c2cc3c(ccc4ccccc43)cc2-c2ccccc2[C@@H]1O. The average molecular weight is 312 g/mol. The summed E-state index contributed by atoms with van der Waals surface area (Å²) in [4.78, 5) is 0. The Morgan fingerprint density at radius 2 is 1.25 bits per heavy atom. The molecular formula is C22H16O2. The molecule has 0 fully saturated rings. The van der Waals surface area contributed by atoms with Crippen molar-refractivity contribution in [1.82, 2.24) is 0 Å². The molecule has 0 saturated heterocycles. The molecule has 0 amide bonds. The largest absolute Gasteiger partial charge is 0.385 e. The van der Waals surface area contributed by atoms with E-state index in [9.17, 15) is 10.2 Å². The van der Waals surface area contributed by atoms with Crippen LogP contribution in [0.2, 0.25) is 0 Å². The number of benzene rings is 4. The van der Waals surface area contributed by atoms with Crippen LogP contribution in [0, 0.1) is 0 Å². The molecular weight excluding hydrogens is 296 g/mol. The van der Waals surface area contributed by atoms with Crippen LogP contribution in [0.4, 0.5) is 0 Å². The van der Waals surface area contributed by atoms with Crippen molar-refractivity contribution in [2.75, 3.05) is 0 Å². The van der Waals surface area contributed by atoms with E-state index in [1.807, 2.05) is 42.5 Å². The van der Waals surface area contributed by atoms with Gasteiger partial charge in [0.1, 0.15) is 12.2 Å². The molecule has 0 unspecified atom stereocenters. The lowest BCUT2D eigenvalue weighted by molar-refractivity contribution is 0.0159. The van der Waals surface area contributed by atoms with Crippen LogP contribution in [0.25, 0.3) is 32.7 Å². The Bertz CT molecular complexity index is 1100. The van der Waals surface area contributed by atoms with Gasteiger partial charge in [0.15, 0.2) is 0 Å². The topological polar surface area (TPSA) is 40.5 Å². The van der Waals surface area contributed by atoms with Gasteiger partial charge in [-0.2, -0.15) is 0 Å². The Balaban J connectivity index is 1.90. The highest BCUT2D eigenvalue weighted by Crippen LogP contribution is 2.46. The molecule has 0 saturated carbocycles. The molecule has 4 aromatic rings. The fourth-order valence-electron chi connectivity index (χ4n) is 3.89. The Hall–Kier alpha value is -2.68. The standard InChI is InChI=1S/C22H16O2/c23-21-17-8-4-3-7-16(17)19-11-14-10-9-13-5-1-2-6-15(13)18(14)12-20(19)22(21)24/h1-12,21-24H/t21-,22+/m0/s1. The summed E-state index contributed by atoms with van der Waals surface area (Å²) in [6, 6.07) is 24.4. The maximum absolute atomic E-state index is 10.7. The first-order chi connectivity index (χ1) is 11.7. The van der Waals surface area contributed by atoms with Crippen molar-refractivity contribution < 1.29 is 10.2 Å². The van der Waals surface area contributed by atoms with Gasteiger partial charge in [-0.1, -0.05) is 60.7 Å². The Labute approximate surface area is 139 Å². The van der Waals surface area contributed by atoms with Crippen molar-refractivity contribution in [3.05, 3.63) is 83.9 Å². The molecule has 1 aliphatic rings.